The average Bonchev–Trinajstić information content (AvgIpc) is 3.11. The lowest BCUT2D eigenvalue weighted by Crippen LogP contribution is -2.36. The number of nitrogen functional groups attached to an aromatic ring is 1. The van der Waals surface area contributed by atoms with Gasteiger partial charge >= 0.3 is 0 Å². The number of hydrogen-bond acceptors (Lipinski definition) is 5. The Kier molecular flexibility index (Phi) is 3.24. The first kappa shape index (κ1) is 11.1. The molecule has 5 nitrogen and oxygen atoms in total. The Labute approximate surface area is 96.1 Å². The highest BCUT2D eigenvalue weighted by Gasteiger charge is 2.28. The van der Waals surface area contributed by atoms with Crippen molar-refractivity contribution in [1.82, 2.24) is 14.9 Å². The van der Waals surface area contributed by atoms with Gasteiger partial charge in [0, 0.05) is 18.6 Å². The molecule has 2 rings (SSSR count). The van der Waals surface area contributed by atoms with E-state index in [2.05, 4.69) is 34.2 Å². The molecule has 0 aromatic carbocycles. The monoisotopic (exact) mass is 221 g/mol. The molecule has 1 fully saturated rings. The van der Waals surface area contributed by atoms with Crippen LogP contribution in [-0.2, 0) is 0 Å². The minimum Gasteiger partial charge on any atom is -0.382 e. The van der Waals surface area contributed by atoms with Crippen LogP contribution in [0.4, 0.5) is 11.6 Å². The maximum absolute atomic E-state index is 5.47. The van der Waals surface area contributed by atoms with Crippen LogP contribution in [0.2, 0.25) is 0 Å². The first-order valence-electron chi connectivity index (χ1n) is 5.70. The van der Waals surface area contributed by atoms with Gasteiger partial charge in [-0.3, -0.25) is 4.90 Å². The molecule has 1 aliphatic carbocycles. The molecule has 16 heavy (non-hydrogen) atoms. The highest BCUT2D eigenvalue weighted by atomic mass is 15.2. The number of rotatable bonds is 5. The van der Waals surface area contributed by atoms with Crippen LogP contribution in [0.1, 0.15) is 19.8 Å². The smallest absolute Gasteiger partial charge is 0.144 e. The molecule has 3 N–H and O–H groups in total. The largest absolute Gasteiger partial charge is 0.382 e. The van der Waals surface area contributed by atoms with Crippen LogP contribution in [0, 0.1) is 0 Å². The number of aromatic nitrogens is 2. The van der Waals surface area contributed by atoms with Gasteiger partial charge in [0.1, 0.15) is 11.6 Å². The summed E-state index contributed by atoms with van der Waals surface area (Å²) in [6.07, 6.45) is 5.90. The molecule has 0 spiro atoms. The Morgan fingerprint density at radius 2 is 2.25 bits per heavy atom. The van der Waals surface area contributed by atoms with Crippen molar-refractivity contribution in [2.75, 3.05) is 24.6 Å². The molecule has 1 aromatic heterocycles. The summed E-state index contributed by atoms with van der Waals surface area (Å²) >= 11 is 0. The topological polar surface area (TPSA) is 67.1 Å². The lowest BCUT2D eigenvalue weighted by atomic mass is 10.3. The Bertz CT molecular complexity index is 333. The summed E-state index contributed by atoms with van der Waals surface area (Å²) in [6.45, 7) is 3.10. The Hall–Kier alpha value is -1.36. The van der Waals surface area contributed by atoms with Gasteiger partial charge in [0.15, 0.2) is 0 Å². The number of nitrogens with one attached hydrogen (secondary N) is 1. The van der Waals surface area contributed by atoms with Crippen LogP contribution < -0.4 is 11.1 Å². The summed E-state index contributed by atoms with van der Waals surface area (Å²) in [5.41, 5.74) is 5.47. The molecule has 1 atom stereocenters. The fraction of sp³-hybridized carbons (Fsp3) is 0.636. The molecule has 1 aliphatic rings. The van der Waals surface area contributed by atoms with E-state index in [1.165, 1.54) is 12.8 Å². The summed E-state index contributed by atoms with van der Waals surface area (Å²) < 4.78 is 0. The molecule has 5 heteroatoms. The summed E-state index contributed by atoms with van der Waals surface area (Å²) in [6, 6.07) is 1.29. The van der Waals surface area contributed by atoms with Crippen molar-refractivity contribution in [1.29, 1.82) is 0 Å². The van der Waals surface area contributed by atoms with Gasteiger partial charge in [0.05, 0.1) is 12.4 Å². The summed E-state index contributed by atoms with van der Waals surface area (Å²) in [5.74, 6) is 1.24. The summed E-state index contributed by atoms with van der Waals surface area (Å²) in [7, 11) is 2.18. The molecule has 0 bridgehead atoms. The second-order valence-corrected chi connectivity index (χ2v) is 4.45. The lowest BCUT2D eigenvalue weighted by molar-refractivity contribution is 0.257. The van der Waals surface area contributed by atoms with Gasteiger partial charge in [-0.05, 0) is 26.8 Å². The molecule has 1 unspecified atom stereocenters. The Morgan fingerprint density at radius 3 is 2.81 bits per heavy atom. The van der Waals surface area contributed by atoms with Crippen molar-refractivity contribution in [2.45, 2.75) is 31.8 Å². The van der Waals surface area contributed by atoms with E-state index in [0.29, 0.717) is 11.9 Å². The second-order valence-electron chi connectivity index (χ2n) is 4.45. The number of anilines is 2. The van der Waals surface area contributed by atoms with Crippen LogP contribution in [-0.4, -0.2) is 40.5 Å². The van der Waals surface area contributed by atoms with Crippen LogP contribution in [0.3, 0.4) is 0 Å². The van der Waals surface area contributed by atoms with Gasteiger partial charge in [-0.1, -0.05) is 0 Å². The van der Waals surface area contributed by atoms with Gasteiger partial charge in [0.25, 0.3) is 0 Å². The van der Waals surface area contributed by atoms with E-state index < -0.39 is 0 Å². The van der Waals surface area contributed by atoms with Crippen LogP contribution in [0.5, 0.6) is 0 Å². The molecular weight excluding hydrogens is 202 g/mol. The van der Waals surface area contributed by atoms with Crippen molar-refractivity contribution in [3.63, 3.8) is 0 Å². The van der Waals surface area contributed by atoms with Gasteiger partial charge < -0.3 is 11.1 Å². The number of nitrogens with two attached hydrogens (primary N) is 1. The van der Waals surface area contributed by atoms with Crippen molar-refractivity contribution in [3.05, 3.63) is 12.4 Å². The average molecular weight is 221 g/mol. The molecule has 0 amide bonds. The third-order valence-corrected chi connectivity index (χ3v) is 3.07. The SMILES string of the molecule is CC(CNc1cnc(N)cn1)N(C)C1CC1. The second kappa shape index (κ2) is 4.65. The van der Waals surface area contributed by atoms with E-state index in [1.807, 2.05) is 0 Å². The number of hydrogen-bond donors (Lipinski definition) is 2. The molecule has 1 aromatic rings. The first-order chi connectivity index (χ1) is 7.66. The zero-order chi connectivity index (χ0) is 11.5. The van der Waals surface area contributed by atoms with E-state index in [-0.39, 0.29) is 0 Å². The van der Waals surface area contributed by atoms with E-state index >= 15 is 0 Å². The standard InChI is InChI=1S/C11H19N5/c1-8(16(2)9-3-4-9)5-14-11-7-13-10(12)6-15-11/h6-9H,3-5H2,1-2H3,(H2,12,13)(H,14,15). The predicted octanol–water partition coefficient (Wildman–Crippen LogP) is 0.953. The maximum Gasteiger partial charge on any atom is 0.144 e. The molecule has 0 aliphatic heterocycles. The molecule has 0 saturated heterocycles. The Balaban J connectivity index is 1.79. The fourth-order valence-corrected chi connectivity index (χ4v) is 1.67. The van der Waals surface area contributed by atoms with E-state index in [0.717, 1.165) is 18.4 Å². The van der Waals surface area contributed by atoms with Gasteiger partial charge in [-0.25, -0.2) is 9.97 Å². The van der Waals surface area contributed by atoms with E-state index in [1.54, 1.807) is 12.4 Å². The van der Waals surface area contributed by atoms with Crippen LogP contribution >= 0.6 is 0 Å². The lowest BCUT2D eigenvalue weighted by Gasteiger charge is -2.24. The molecule has 1 heterocycles. The van der Waals surface area contributed by atoms with E-state index in [9.17, 15) is 0 Å². The third kappa shape index (κ3) is 2.82. The van der Waals surface area contributed by atoms with Gasteiger partial charge in [-0.15, -0.1) is 0 Å². The zero-order valence-electron chi connectivity index (χ0n) is 9.85. The van der Waals surface area contributed by atoms with Gasteiger partial charge in [0.2, 0.25) is 0 Å². The molecule has 88 valence electrons. The first-order valence-corrected chi connectivity index (χ1v) is 5.70. The normalized spacial score (nSPS) is 17.4. The molecule has 0 radical (unpaired) electrons. The molecular formula is C11H19N5. The van der Waals surface area contributed by atoms with E-state index in [4.69, 9.17) is 5.73 Å². The number of likely N-dealkylation sites (N-methyl/N-ethyl adjacent to an activating group) is 1. The highest BCUT2D eigenvalue weighted by Crippen LogP contribution is 2.26. The number of nitrogens with zero attached hydrogens (tertiary/aromatic N) is 3. The summed E-state index contributed by atoms with van der Waals surface area (Å²) in [4.78, 5) is 10.6. The van der Waals surface area contributed by atoms with Gasteiger partial charge in [-0.2, -0.15) is 0 Å². The quantitative estimate of drug-likeness (QED) is 0.775. The van der Waals surface area contributed by atoms with Crippen molar-refractivity contribution in [3.8, 4) is 0 Å². The Morgan fingerprint density at radius 1 is 1.50 bits per heavy atom. The minimum atomic E-state index is 0.452. The minimum absolute atomic E-state index is 0.452. The van der Waals surface area contributed by atoms with Crippen LogP contribution in [0.15, 0.2) is 12.4 Å². The molecule has 1 saturated carbocycles. The summed E-state index contributed by atoms with van der Waals surface area (Å²) in [5, 5.41) is 3.26. The van der Waals surface area contributed by atoms with Crippen molar-refractivity contribution < 1.29 is 0 Å². The highest BCUT2D eigenvalue weighted by molar-refractivity contribution is 5.35. The van der Waals surface area contributed by atoms with Crippen molar-refractivity contribution in [2.24, 2.45) is 0 Å². The zero-order valence-corrected chi connectivity index (χ0v) is 9.85. The predicted molar refractivity (Wildman–Crippen MR) is 65.2 cm³/mol. The van der Waals surface area contributed by atoms with Crippen molar-refractivity contribution >= 4 is 11.6 Å². The van der Waals surface area contributed by atoms with Crippen LogP contribution in [0.25, 0.3) is 0 Å². The third-order valence-electron chi connectivity index (χ3n) is 3.07. The maximum atomic E-state index is 5.47. The fourth-order valence-electron chi connectivity index (χ4n) is 1.67.